The van der Waals surface area contributed by atoms with Gasteiger partial charge >= 0.3 is 0 Å². The predicted octanol–water partition coefficient (Wildman–Crippen LogP) is 2.42. The zero-order chi connectivity index (χ0) is 17.2. The van der Waals surface area contributed by atoms with Crippen LogP contribution in [0.3, 0.4) is 0 Å². The zero-order valence-corrected chi connectivity index (χ0v) is 18.1. The SMILES string of the molecule is CCNC(=NCCCNC(=O)c1cccs1)N1CCC(COC)C1.I. The molecule has 1 aromatic heterocycles. The summed E-state index contributed by atoms with van der Waals surface area (Å²) in [5, 5.41) is 8.21. The Kier molecular flexibility index (Phi) is 11.1. The van der Waals surface area contributed by atoms with Gasteiger partial charge in [-0.05, 0) is 31.2 Å². The molecule has 1 atom stereocenters. The summed E-state index contributed by atoms with van der Waals surface area (Å²) in [6.07, 6.45) is 1.98. The Hall–Kier alpha value is -0.870. The molecule has 1 unspecified atom stereocenters. The van der Waals surface area contributed by atoms with Crippen molar-refractivity contribution < 1.29 is 9.53 Å². The van der Waals surface area contributed by atoms with E-state index in [1.165, 1.54) is 11.3 Å². The van der Waals surface area contributed by atoms with Crippen LogP contribution >= 0.6 is 35.3 Å². The summed E-state index contributed by atoms with van der Waals surface area (Å²) in [4.78, 5) is 19.6. The molecule has 25 heavy (non-hydrogen) atoms. The number of ether oxygens (including phenoxy) is 1. The summed E-state index contributed by atoms with van der Waals surface area (Å²) in [6, 6.07) is 3.73. The van der Waals surface area contributed by atoms with Crippen molar-refractivity contribution in [3.8, 4) is 0 Å². The lowest BCUT2D eigenvalue weighted by atomic mass is 10.1. The molecule has 2 N–H and O–H groups in total. The van der Waals surface area contributed by atoms with Crippen LogP contribution in [0, 0.1) is 5.92 Å². The third-order valence-electron chi connectivity index (χ3n) is 3.95. The highest BCUT2D eigenvalue weighted by Gasteiger charge is 2.24. The summed E-state index contributed by atoms with van der Waals surface area (Å²) in [6.45, 7) is 7.12. The highest BCUT2D eigenvalue weighted by Crippen LogP contribution is 2.16. The van der Waals surface area contributed by atoms with Gasteiger partial charge in [-0.2, -0.15) is 0 Å². The molecule has 1 amide bonds. The Balaban J connectivity index is 0.00000312. The van der Waals surface area contributed by atoms with Crippen LogP contribution in [0.4, 0.5) is 0 Å². The highest BCUT2D eigenvalue weighted by molar-refractivity contribution is 14.0. The molecule has 1 aliphatic rings. The third kappa shape index (κ3) is 7.49. The van der Waals surface area contributed by atoms with E-state index in [4.69, 9.17) is 9.73 Å². The van der Waals surface area contributed by atoms with Crippen molar-refractivity contribution in [2.75, 3.05) is 46.4 Å². The van der Waals surface area contributed by atoms with E-state index in [2.05, 4.69) is 22.5 Å². The number of methoxy groups -OCH3 is 1. The second-order valence-corrected chi connectivity index (χ2v) is 6.83. The van der Waals surface area contributed by atoms with Gasteiger partial charge in [0.05, 0.1) is 11.5 Å². The van der Waals surface area contributed by atoms with Crippen LogP contribution in [-0.2, 0) is 4.74 Å². The molecule has 0 radical (unpaired) electrons. The van der Waals surface area contributed by atoms with E-state index in [0.29, 0.717) is 19.0 Å². The Labute approximate surface area is 171 Å². The number of amides is 1. The number of hydrogen-bond donors (Lipinski definition) is 2. The van der Waals surface area contributed by atoms with E-state index < -0.39 is 0 Å². The molecular weight excluding hydrogens is 451 g/mol. The number of aliphatic imine (C=N–C) groups is 1. The number of nitrogens with one attached hydrogen (secondary N) is 2. The lowest BCUT2D eigenvalue weighted by molar-refractivity contribution is 0.0957. The van der Waals surface area contributed by atoms with E-state index in [0.717, 1.165) is 49.9 Å². The lowest BCUT2D eigenvalue weighted by Crippen LogP contribution is -2.40. The van der Waals surface area contributed by atoms with E-state index in [1.54, 1.807) is 7.11 Å². The maximum absolute atomic E-state index is 11.8. The Morgan fingerprint density at radius 3 is 3.00 bits per heavy atom. The minimum absolute atomic E-state index is 0. The number of halogens is 1. The first-order valence-electron chi connectivity index (χ1n) is 8.58. The third-order valence-corrected chi connectivity index (χ3v) is 4.82. The number of hydrogen-bond acceptors (Lipinski definition) is 4. The van der Waals surface area contributed by atoms with Gasteiger partial charge in [-0.1, -0.05) is 6.07 Å². The minimum Gasteiger partial charge on any atom is -0.384 e. The van der Waals surface area contributed by atoms with Gasteiger partial charge in [0, 0.05) is 45.8 Å². The second-order valence-electron chi connectivity index (χ2n) is 5.88. The van der Waals surface area contributed by atoms with Crippen LogP contribution < -0.4 is 10.6 Å². The van der Waals surface area contributed by atoms with Crippen molar-refractivity contribution in [3.05, 3.63) is 22.4 Å². The molecule has 6 nitrogen and oxygen atoms in total. The van der Waals surface area contributed by atoms with E-state index in [1.807, 2.05) is 17.5 Å². The standard InChI is InChI=1S/C17H28N4O2S.HI/c1-3-18-17(21-10-7-14(12-21)13-23-2)20-9-5-8-19-16(22)15-6-4-11-24-15;/h4,6,11,14H,3,5,7-10,12-13H2,1-2H3,(H,18,20)(H,19,22);1H. The molecule has 8 heteroatoms. The van der Waals surface area contributed by atoms with Gasteiger partial charge in [-0.15, -0.1) is 35.3 Å². The molecule has 2 rings (SSSR count). The van der Waals surface area contributed by atoms with Crippen LogP contribution in [0.15, 0.2) is 22.5 Å². The van der Waals surface area contributed by atoms with Gasteiger partial charge in [0.1, 0.15) is 0 Å². The number of likely N-dealkylation sites (tertiary alicyclic amines) is 1. The van der Waals surface area contributed by atoms with Crippen molar-refractivity contribution in [1.29, 1.82) is 0 Å². The van der Waals surface area contributed by atoms with Crippen molar-refractivity contribution in [1.82, 2.24) is 15.5 Å². The average molecular weight is 480 g/mol. The molecule has 0 bridgehead atoms. The number of thiophene rings is 1. The lowest BCUT2D eigenvalue weighted by Gasteiger charge is -2.21. The Morgan fingerprint density at radius 1 is 1.48 bits per heavy atom. The number of guanidine groups is 1. The normalized spacial score (nSPS) is 17.3. The molecular formula is C17H29IN4O2S. The summed E-state index contributed by atoms with van der Waals surface area (Å²) < 4.78 is 5.25. The number of nitrogens with zero attached hydrogens (tertiary/aromatic N) is 2. The zero-order valence-electron chi connectivity index (χ0n) is 15.0. The smallest absolute Gasteiger partial charge is 0.261 e. The van der Waals surface area contributed by atoms with Gasteiger partial charge < -0.3 is 20.3 Å². The first kappa shape index (κ1) is 22.2. The van der Waals surface area contributed by atoms with Crippen molar-refractivity contribution in [3.63, 3.8) is 0 Å². The van der Waals surface area contributed by atoms with Gasteiger partial charge in [0.2, 0.25) is 0 Å². The summed E-state index contributed by atoms with van der Waals surface area (Å²) in [7, 11) is 1.76. The highest BCUT2D eigenvalue weighted by atomic mass is 127. The quantitative estimate of drug-likeness (QED) is 0.260. The first-order valence-corrected chi connectivity index (χ1v) is 9.46. The molecule has 1 aromatic rings. The van der Waals surface area contributed by atoms with Crippen molar-refractivity contribution >= 4 is 47.2 Å². The summed E-state index contributed by atoms with van der Waals surface area (Å²) >= 11 is 1.46. The largest absolute Gasteiger partial charge is 0.384 e. The number of rotatable bonds is 8. The average Bonchev–Trinajstić information content (AvgIpc) is 3.25. The monoisotopic (exact) mass is 480 g/mol. The fourth-order valence-electron chi connectivity index (χ4n) is 2.78. The fourth-order valence-corrected chi connectivity index (χ4v) is 3.42. The molecule has 142 valence electrons. The van der Waals surface area contributed by atoms with Gasteiger partial charge in [0.15, 0.2) is 5.96 Å². The molecule has 1 fully saturated rings. The van der Waals surface area contributed by atoms with Crippen LogP contribution in [0.2, 0.25) is 0 Å². The number of carbonyl (C=O) groups is 1. The van der Waals surface area contributed by atoms with E-state index in [-0.39, 0.29) is 29.9 Å². The van der Waals surface area contributed by atoms with Gasteiger partial charge in [-0.3, -0.25) is 9.79 Å². The number of carbonyl (C=O) groups excluding carboxylic acids is 1. The molecule has 0 saturated carbocycles. The Bertz CT molecular complexity index is 525. The molecule has 2 heterocycles. The summed E-state index contributed by atoms with van der Waals surface area (Å²) in [5.74, 6) is 1.56. The van der Waals surface area contributed by atoms with E-state index in [9.17, 15) is 4.79 Å². The molecule has 0 aromatic carbocycles. The van der Waals surface area contributed by atoms with Crippen LogP contribution in [-0.4, -0.2) is 63.2 Å². The van der Waals surface area contributed by atoms with Gasteiger partial charge in [-0.25, -0.2) is 0 Å². The van der Waals surface area contributed by atoms with Crippen LogP contribution in [0.1, 0.15) is 29.4 Å². The fraction of sp³-hybridized carbons (Fsp3) is 0.647. The van der Waals surface area contributed by atoms with E-state index >= 15 is 0 Å². The topological polar surface area (TPSA) is 66.0 Å². The molecule has 0 aliphatic carbocycles. The van der Waals surface area contributed by atoms with Crippen molar-refractivity contribution in [2.24, 2.45) is 10.9 Å². The van der Waals surface area contributed by atoms with Gasteiger partial charge in [0.25, 0.3) is 5.91 Å². The maximum Gasteiger partial charge on any atom is 0.261 e. The Morgan fingerprint density at radius 2 is 2.32 bits per heavy atom. The van der Waals surface area contributed by atoms with Crippen molar-refractivity contribution in [2.45, 2.75) is 19.8 Å². The van der Waals surface area contributed by atoms with Crippen LogP contribution in [0.5, 0.6) is 0 Å². The molecule has 1 saturated heterocycles. The maximum atomic E-state index is 11.8. The predicted molar refractivity (Wildman–Crippen MR) is 114 cm³/mol. The second kappa shape index (κ2) is 12.5. The van der Waals surface area contributed by atoms with Crippen LogP contribution in [0.25, 0.3) is 0 Å². The minimum atomic E-state index is 0. The molecule has 0 spiro atoms. The molecule has 1 aliphatic heterocycles. The summed E-state index contributed by atoms with van der Waals surface area (Å²) in [5.41, 5.74) is 0. The first-order chi connectivity index (χ1) is 11.7.